The lowest BCUT2D eigenvalue weighted by molar-refractivity contribution is -0.0849. The minimum atomic E-state index is -0.507. The van der Waals surface area contributed by atoms with Gasteiger partial charge < -0.3 is 19.1 Å². The highest BCUT2D eigenvalue weighted by atomic mass is 16.7. The Morgan fingerprint density at radius 1 is 0.692 bits per heavy atom. The lowest BCUT2D eigenvalue weighted by Gasteiger charge is -2.54. The Morgan fingerprint density at radius 2 is 0.923 bits per heavy atom. The molecule has 0 spiro atoms. The predicted molar refractivity (Wildman–Crippen MR) is 111 cm³/mol. The van der Waals surface area contributed by atoms with Gasteiger partial charge in [0.2, 0.25) is 0 Å². The summed E-state index contributed by atoms with van der Waals surface area (Å²) in [4.78, 5) is 17.3. The molecule has 7 heteroatoms. The smallest absolute Gasteiger partial charge is 0.431 e. The molecule has 5 nitrogen and oxygen atoms in total. The van der Waals surface area contributed by atoms with Gasteiger partial charge in [-0.3, -0.25) is 0 Å². The van der Waals surface area contributed by atoms with Crippen molar-refractivity contribution in [3.63, 3.8) is 0 Å². The number of carbonyl (C=O) groups excluding carboxylic acids is 1. The molecule has 2 rings (SSSR count). The van der Waals surface area contributed by atoms with E-state index in [2.05, 4.69) is 81.0 Å². The second kappa shape index (κ2) is 6.73. The standard InChI is InChI=1S/C19H38B2N2O3/c1-16(2)9-13(10-17(3,4)22(16)20)25-15(24)26-14-11-18(5,6)23(21)19(7,8)12-14/h13-14H,9-12,20-21H2,1-8H3. The Kier molecular flexibility index (Phi) is 5.60. The van der Waals surface area contributed by atoms with Crippen molar-refractivity contribution in [1.29, 1.82) is 0 Å². The van der Waals surface area contributed by atoms with Crippen LogP contribution >= 0.6 is 0 Å². The van der Waals surface area contributed by atoms with Crippen LogP contribution in [0.3, 0.4) is 0 Å². The molecule has 0 aliphatic carbocycles. The van der Waals surface area contributed by atoms with Crippen LogP contribution < -0.4 is 0 Å². The minimum Gasteiger partial charge on any atom is -0.431 e. The summed E-state index contributed by atoms with van der Waals surface area (Å²) in [5.41, 5.74) is -0.0388. The Bertz CT molecular complexity index is 467. The first-order valence-corrected chi connectivity index (χ1v) is 9.92. The number of hydrogen-bond acceptors (Lipinski definition) is 5. The van der Waals surface area contributed by atoms with E-state index in [1.807, 2.05) is 0 Å². The van der Waals surface area contributed by atoms with E-state index in [0.29, 0.717) is 0 Å². The molecule has 26 heavy (non-hydrogen) atoms. The van der Waals surface area contributed by atoms with Crippen molar-refractivity contribution in [3.05, 3.63) is 0 Å². The van der Waals surface area contributed by atoms with E-state index >= 15 is 0 Å². The molecular weight excluding hydrogens is 326 g/mol. The van der Waals surface area contributed by atoms with Crippen LogP contribution in [0.1, 0.15) is 81.1 Å². The molecule has 148 valence electrons. The average molecular weight is 364 g/mol. The van der Waals surface area contributed by atoms with E-state index in [0.717, 1.165) is 25.7 Å². The van der Waals surface area contributed by atoms with Crippen LogP contribution in [0.4, 0.5) is 4.79 Å². The van der Waals surface area contributed by atoms with Gasteiger partial charge in [0.25, 0.3) is 0 Å². The van der Waals surface area contributed by atoms with E-state index in [1.165, 1.54) is 0 Å². The second-order valence-electron chi connectivity index (χ2n) is 10.9. The molecule has 2 fully saturated rings. The van der Waals surface area contributed by atoms with Crippen LogP contribution in [0, 0.1) is 0 Å². The van der Waals surface area contributed by atoms with Crippen LogP contribution in [0.2, 0.25) is 0 Å². The summed E-state index contributed by atoms with van der Waals surface area (Å²) < 4.78 is 11.6. The molecule has 2 aliphatic heterocycles. The molecule has 2 heterocycles. The highest BCUT2D eigenvalue weighted by molar-refractivity contribution is 6.05. The quantitative estimate of drug-likeness (QED) is 0.556. The van der Waals surface area contributed by atoms with E-state index in [9.17, 15) is 4.79 Å². The fourth-order valence-electron chi connectivity index (χ4n) is 5.03. The maximum Gasteiger partial charge on any atom is 0.508 e. The number of ether oxygens (including phenoxy) is 2. The van der Waals surface area contributed by atoms with Crippen LogP contribution in [-0.2, 0) is 9.47 Å². The van der Waals surface area contributed by atoms with Gasteiger partial charge in [0.15, 0.2) is 16.0 Å². The lowest BCUT2D eigenvalue weighted by Crippen LogP contribution is -2.62. The molecule has 0 radical (unpaired) electrons. The van der Waals surface area contributed by atoms with Gasteiger partial charge in [-0.2, -0.15) is 0 Å². The second-order valence-corrected chi connectivity index (χ2v) is 10.9. The van der Waals surface area contributed by atoms with Gasteiger partial charge in [-0.15, -0.1) is 0 Å². The van der Waals surface area contributed by atoms with E-state index in [1.54, 1.807) is 0 Å². The summed E-state index contributed by atoms with van der Waals surface area (Å²) in [6, 6.07) is 0. The molecule has 0 saturated carbocycles. The minimum absolute atomic E-state index is 0.00969. The molecule has 0 bridgehead atoms. The predicted octanol–water partition coefficient (Wildman–Crippen LogP) is 2.28. The van der Waals surface area contributed by atoms with Crippen LogP contribution in [0.5, 0.6) is 0 Å². The lowest BCUT2D eigenvalue weighted by atomic mass is 9.75. The third-order valence-corrected chi connectivity index (χ3v) is 7.07. The van der Waals surface area contributed by atoms with Crippen molar-refractivity contribution >= 4 is 22.1 Å². The van der Waals surface area contributed by atoms with E-state index < -0.39 is 6.16 Å². The number of piperidine rings is 2. The van der Waals surface area contributed by atoms with Gasteiger partial charge in [-0.25, -0.2) is 4.79 Å². The maximum absolute atomic E-state index is 12.5. The number of carbonyl (C=O) groups is 1. The first-order valence-electron chi connectivity index (χ1n) is 9.92. The van der Waals surface area contributed by atoms with Crippen molar-refractivity contribution in [1.82, 2.24) is 9.62 Å². The van der Waals surface area contributed by atoms with Gasteiger partial charge in [0.05, 0.1) is 0 Å². The van der Waals surface area contributed by atoms with Crippen LogP contribution in [-0.4, -0.2) is 66.1 Å². The van der Waals surface area contributed by atoms with Gasteiger partial charge in [0, 0.05) is 47.8 Å². The molecule has 0 N–H and O–H groups in total. The summed E-state index contributed by atoms with van der Waals surface area (Å²) in [5.74, 6) is 0. The topological polar surface area (TPSA) is 42.0 Å². The van der Waals surface area contributed by atoms with Crippen molar-refractivity contribution in [2.24, 2.45) is 0 Å². The van der Waals surface area contributed by atoms with Crippen LogP contribution in [0.25, 0.3) is 0 Å². The average Bonchev–Trinajstić information content (AvgIpc) is 2.40. The maximum atomic E-state index is 12.5. The Morgan fingerprint density at radius 3 is 1.15 bits per heavy atom. The summed E-state index contributed by atoms with van der Waals surface area (Å²) >= 11 is 0. The van der Waals surface area contributed by atoms with Crippen LogP contribution in [0.15, 0.2) is 0 Å². The zero-order valence-corrected chi connectivity index (χ0v) is 18.6. The third-order valence-electron chi connectivity index (χ3n) is 7.07. The summed E-state index contributed by atoms with van der Waals surface area (Å²) in [6.45, 7) is 17.6. The molecule has 2 aliphatic rings. The molecule has 0 unspecified atom stereocenters. The van der Waals surface area contributed by atoms with E-state index in [4.69, 9.17) is 9.47 Å². The van der Waals surface area contributed by atoms with Crippen molar-refractivity contribution in [2.45, 2.75) is 115 Å². The fourth-order valence-corrected chi connectivity index (χ4v) is 5.03. The Labute approximate surface area is 162 Å². The molecule has 2 saturated heterocycles. The number of nitrogens with zero attached hydrogens (tertiary/aromatic N) is 2. The first-order chi connectivity index (χ1) is 11.6. The molecule has 0 aromatic heterocycles. The Hall–Kier alpha value is -0.680. The van der Waals surface area contributed by atoms with Gasteiger partial charge in [0.1, 0.15) is 12.2 Å². The zero-order chi connectivity index (χ0) is 20.1. The van der Waals surface area contributed by atoms with Crippen molar-refractivity contribution < 1.29 is 14.3 Å². The van der Waals surface area contributed by atoms with Gasteiger partial charge in [-0.05, 0) is 55.4 Å². The normalized spacial score (nSPS) is 29.2. The molecule has 0 amide bonds. The monoisotopic (exact) mass is 364 g/mol. The highest BCUT2D eigenvalue weighted by Gasteiger charge is 2.46. The van der Waals surface area contributed by atoms with E-state index in [-0.39, 0.29) is 34.4 Å². The van der Waals surface area contributed by atoms with Crippen molar-refractivity contribution in [3.8, 4) is 0 Å². The first kappa shape index (κ1) is 21.6. The number of hydrogen-bond donors (Lipinski definition) is 0. The van der Waals surface area contributed by atoms with Gasteiger partial charge >= 0.3 is 6.16 Å². The summed E-state index contributed by atoms with van der Waals surface area (Å²) in [7, 11) is 4.30. The highest BCUT2D eigenvalue weighted by Crippen LogP contribution is 2.39. The molecular formula is C19H38B2N2O3. The third kappa shape index (κ3) is 4.41. The summed E-state index contributed by atoms with van der Waals surface area (Å²) in [6.07, 6.45) is 2.59. The van der Waals surface area contributed by atoms with Gasteiger partial charge in [-0.1, -0.05) is 0 Å². The molecule has 0 aromatic rings. The number of rotatable bonds is 2. The largest absolute Gasteiger partial charge is 0.508 e. The Balaban J connectivity index is 1.99. The molecule has 0 atom stereocenters. The summed E-state index contributed by atoms with van der Waals surface area (Å²) in [5, 5.41) is 0. The molecule has 0 aromatic carbocycles. The fraction of sp³-hybridized carbons (Fsp3) is 0.947. The van der Waals surface area contributed by atoms with Crippen molar-refractivity contribution in [2.75, 3.05) is 0 Å². The zero-order valence-electron chi connectivity index (χ0n) is 18.6. The SMILES string of the molecule is BN1C(C)(C)CC(OC(=O)OC2CC(C)(C)N(B)C(C)(C)C2)CC1(C)C.